The number of rotatable bonds is 6. The molecule has 2 heterocycles. The summed E-state index contributed by atoms with van der Waals surface area (Å²) in [5, 5.41) is 5.22. The predicted octanol–water partition coefficient (Wildman–Crippen LogP) is 4.64. The highest BCUT2D eigenvalue weighted by atomic mass is 32.1. The van der Waals surface area contributed by atoms with Gasteiger partial charge in [0.2, 0.25) is 5.91 Å². The van der Waals surface area contributed by atoms with Gasteiger partial charge in [-0.2, -0.15) is 0 Å². The van der Waals surface area contributed by atoms with Gasteiger partial charge in [0.25, 0.3) is 5.91 Å². The zero-order valence-electron chi connectivity index (χ0n) is 18.1. The molecule has 0 aliphatic carbocycles. The summed E-state index contributed by atoms with van der Waals surface area (Å²) in [5.74, 6) is 0.546. The molecular weight excluding hydrogens is 410 g/mol. The number of para-hydroxylation sites is 1. The lowest BCUT2D eigenvalue weighted by molar-refractivity contribution is -0.121. The maximum atomic E-state index is 12.5. The van der Waals surface area contributed by atoms with Crippen LogP contribution in [0.5, 0.6) is 5.75 Å². The van der Waals surface area contributed by atoms with Gasteiger partial charge in [0, 0.05) is 23.7 Å². The van der Waals surface area contributed by atoms with Gasteiger partial charge in [-0.05, 0) is 49.6 Å². The molecule has 1 aromatic heterocycles. The minimum Gasteiger partial charge on any atom is -0.483 e. The molecule has 1 aliphatic heterocycles. The van der Waals surface area contributed by atoms with Crippen molar-refractivity contribution >= 4 is 34.0 Å². The summed E-state index contributed by atoms with van der Waals surface area (Å²) in [6, 6.07) is 13.6. The lowest BCUT2D eigenvalue weighted by Crippen LogP contribution is -2.33. The lowest BCUT2D eigenvalue weighted by Gasteiger charge is -2.16. The zero-order chi connectivity index (χ0) is 22.2. The number of thiazole rings is 1. The number of nitrogens with one attached hydrogen (secondary N) is 1. The van der Waals surface area contributed by atoms with E-state index in [1.54, 1.807) is 11.9 Å². The quantitative estimate of drug-likeness (QED) is 0.612. The number of hydrogen-bond donors (Lipinski definition) is 1. The summed E-state index contributed by atoms with van der Waals surface area (Å²) in [4.78, 5) is 31.1. The summed E-state index contributed by atoms with van der Waals surface area (Å²) in [6.45, 7) is 5.84. The Hall–Kier alpha value is -3.19. The van der Waals surface area contributed by atoms with Crippen molar-refractivity contribution in [3.05, 3.63) is 59.0 Å². The number of hydrogen-bond acceptors (Lipinski definition) is 5. The molecule has 0 bridgehead atoms. The molecule has 1 N–H and O–H groups in total. The number of anilines is 2. The molecule has 2 amide bonds. The molecule has 3 aromatic rings. The van der Waals surface area contributed by atoms with Crippen molar-refractivity contribution in [2.75, 3.05) is 23.9 Å². The van der Waals surface area contributed by atoms with Crippen molar-refractivity contribution in [3.8, 4) is 17.0 Å². The van der Waals surface area contributed by atoms with Gasteiger partial charge in [0.1, 0.15) is 5.75 Å². The van der Waals surface area contributed by atoms with Gasteiger partial charge in [-0.1, -0.05) is 31.2 Å². The van der Waals surface area contributed by atoms with Crippen LogP contribution in [0, 0.1) is 0 Å². The van der Waals surface area contributed by atoms with Crippen molar-refractivity contribution in [3.63, 3.8) is 0 Å². The molecule has 0 fully saturated rings. The van der Waals surface area contributed by atoms with Crippen LogP contribution in [0.25, 0.3) is 11.3 Å². The van der Waals surface area contributed by atoms with Crippen molar-refractivity contribution < 1.29 is 14.3 Å². The molecule has 31 heavy (non-hydrogen) atoms. The highest BCUT2D eigenvalue weighted by molar-refractivity contribution is 7.14. The number of aryl methyl sites for hydroxylation is 1. The fraction of sp³-hybridized carbons (Fsp3) is 0.292. The van der Waals surface area contributed by atoms with Crippen LogP contribution in [0.1, 0.15) is 31.9 Å². The van der Waals surface area contributed by atoms with E-state index in [2.05, 4.69) is 10.3 Å². The minimum absolute atomic E-state index is 0.0760. The van der Waals surface area contributed by atoms with E-state index >= 15 is 0 Å². The number of amides is 2. The Balaban J connectivity index is 1.45. The van der Waals surface area contributed by atoms with Crippen LogP contribution in [-0.4, -0.2) is 30.5 Å². The average molecular weight is 436 g/mol. The summed E-state index contributed by atoms with van der Waals surface area (Å²) < 4.78 is 5.68. The normalized spacial score (nSPS) is 14.5. The molecule has 0 unspecified atom stereocenters. The van der Waals surface area contributed by atoms with E-state index in [1.165, 1.54) is 11.3 Å². The van der Waals surface area contributed by atoms with Gasteiger partial charge in [0.05, 0.1) is 11.1 Å². The smallest absolute Gasteiger partial charge is 0.264 e. The number of ether oxygens (including phenoxy) is 1. The number of benzene rings is 2. The molecule has 0 radical (unpaired) electrons. The van der Waals surface area contributed by atoms with Crippen molar-refractivity contribution in [1.29, 1.82) is 0 Å². The van der Waals surface area contributed by atoms with Gasteiger partial charge < -0.3 is 9.64 Å². The van der Waals surface area contributed by atoms with Crippen LogP contribution < -0.4 is 15.0 Å². The molecule has 1 aliphatic rings. The van der Waals surface area contributed by atoms with Crippen LogP contribution in [-0.2, 0) is 21.4 Å². The Bertz CT molecular complexity index is 1150. The molecule has 0 saturated carbocycles. The van der Waals surface area contributed by atoms with E-state index in [1.807, 2.05) is 68.6 Å². The highest BCUT2D eigenvalue weighted by Crippen LogP contribution is 2.42. The predicted molar refractivity (Wildman–Crippen MR) is 124 cm³/mol. The number of likely N-dealkylation sites (N-methyl/N-ethyl adjacent to an activating group) is 1. The molecule has 0 saturated heterocycles. The Morgan fingerprint density at radius 3 is 2.77 bits per heavy atom. The van der Waals surface area contributed by atoms with Crippen LogP contribution in [0.3, 0.4) is 0 Å². The summed E-state index contributed by atoms with van der Waals surface area (Å²) in [6.07, 6.45) is 0.840. The van der Waals surface area contributed by atoms with E-state index in [0.29, 0.717) is 5.13 Å². The van der Waals surface area contributed by atoms with E-state index < -0.39 is 5.41 Å². The SMILES string of the molecule is CCc1ccccc1OCC(=O)Nc1nc(-c2ccc3c(c2)C(C)(C)C(=O)N3C)cs1. The first-order valence-corrected chi connectivity index (χ1v) is 11.1. The molecular formula is C24H25N3O3S. The molecule has 2 aromatic carbocycles. The van der Waals surface area contributed by atoms with Crippen LogP contribution in [0.2, 0.25) is 0 Å². The number of nitrogens with zero attached hydrogens (tertiary/aromatic N) is 2. The third kappa shape index (κ3) is 3.93. The second kappa shape index (κ2) is 8.15. The highest BCUT2D eigenvalue weighted by Gasteiger charge is 2.42. The van der Waals surface area contributed by atoms with Crippen molar-refractivity contribution in [2.45, 2.75) is 32.6 Å². The minimum atomic E-state index is -0.570. The maximum Gasteiger partial charge on any atom is 0.264 e. The Morgan fingerprint density at radius 1 is 1.23 bits per heavy atom. The van der Waals surface area contributed by atoms with Crippen molar-refractivity contribution in [1.82, 2.24) is 4.98 Å². The molecule has 0 atom stereocenters. The Morgan fingerprint density at radius 2 is 2.00 bits per heavy atom. The molecule has 7 heteroatoms. The molecule has 0 spiro atoms. The summed E-state index contributed by atoms with van der Waals surface area (Å²) in [5.41, 5.74) is 4.08. The second-order valence-corrected chi connectivity index (χ2v) is 8.92. The largest absolute Gasteiger partial charge is 0.483 e. The number of carbonyl (C=O) groups is 2. The lowest BCUT2D eigenvalue weighted by atomic mass is 9.85. The van der Waals surface area contributed by atoms with Gasteiger partial charge in [-0.25, -0.2) is 4.98 Å². The van der Waals surface area contributed by atoms with Crippen LogP contribution >= 0.6 is 11.3 Å². The number of fused-ring (bicyclic) bond motifs is 1. The van der Waals surface area contributed by atoms with Crippen LogP contribution in [0.4, 0.5) is 10.8 Å². The van der Waals surface area contributed by atoms with Gasteiger partial charge >= 0.3 is 0 Å². The van der Waals surface area contributed by atoms with Gasteiger partial charge in [-0.15, -0.1) is 11.3 Å². The number of aromatic nitrogens is 1. The third-order valence-corrected chi connectivity index (χ3v) is 6.39. The molecule has 6 nitrogen and oxygen atoms in total. The fourth-order valence-electron chi connectivity index (χ4n) is 3.83. The summed E-state index contributed by atoms with van der Waals surface area (Å²) >= 11 is 1.36. The maximum absolute atomic E-state index is 12.5. The average Bonchev–Trinajstić information content (AvgIpc) is 3.30. The first-order valence-electron chi connectivity index (χ1n) is 10.2. The fourth-order valence-corrected chi connectivity index (χ4v) is 4.57. The number of carbonyl (C=O) groups excluding carboxylic acids is 2. The van der Waals surface area contributed by atoms with Crippen molar-refractivity contribution in [2.24, 2.45) is 0 Å². The molecule has 160 valence electrons. The van der Waals surface area contributed by atoms with Gasteiger partial charge in [0.15, 0.2) is 11.7 Å². The van der Waals surface area contributed by atoms with E-state index in [-0.39, 0.29) is 18.4 Å². The first kappa shape index (κ1) is 21.1. The van der Waals surface area contributed by atoms with E-state index in [9.17, 15) is 9.59 Å². The Kier molecular flexibility index (Phi) is 5.54. The van der Waals surface area contributed by atoms with E-state index in [0.717, 1.165) is 40.2 Å². The standard InChI is InChI=1S/C24H25N3O3S/c1-5-15-8-6-7-9-20(15)30-13-21(28)26-23-25-18(14-31-23)16-10-11-19-17(12-16)24(2,3)22(29)27(19)4/h6-12,14H,5,13H2,1-4H3,(H,25,26,28). The van der Waals surface area contributed by atoms with E-state index in [4.69, 9.17) is 4.74 Å². The first-order chi connectivity index (χ1) is 14.8. The second-order valence-electron chi connectivity index (χ2n) is 8.06. The Labute approximate surface area is 185 Å². The third-order valence-electron chi connectivity index (χ3n) is 5.63. The van der Waals surface area contributed by atoms with Gasteiger partial charge in [-0.3, -0.25) is 14.9 Å². The topological polar surface area (TPSA) is 71.5 Å². The monoisotopic (exact) mass is 435 g/mol. The zero-order valence-corrected chi connectivity index (χ0v) is 18.9. The molecule has 4 rings (SSSR count). The van der Waals surface area contributed by atoms with Crippen LogP contribution in [0.15, 0.2) is 47.8 Å². The summed E-state index contributed by atoms with van der Waals surface area (Å²) in [7, 11) is 1.80.